The van der Waals surface area contributed by atoms with Gasteiger partial charge in [0.2, 0.25) is 0 Å². The van der Waals surface area contributed by atoms with E-state index in [9.17, 15) is 0 Å². The second kappa shape index (κ2) is 8.54. The second-order valence-corrected chi connectivity index (χ2v) is 6.68. The summed E-state index contributed by atoms with van der Waals surface area (Å²) in [6.45, 7) is 6.71. The molecule has 0 fully saturated rings. The van der Waals surface area contributed by atoms with Crippen LogP contribution in [-0.2, 0) is 4.74 Å². The van der Waals surface area contributed by atoms with E-state index in [0.717, 1.165) is 30.7 Å². The quantitative estimate of drug-likeness (QED) is 0.649. The van der Waals surface area contributed by atoms with Crippen molar-refractivity contribution in [2.75, 3.05) is 26.9 Å². The van der Waals surface area contributed by atoms with Crippen LogP contribution in [0.25, 0.3) is 0 Å². The van der Waals surface area contributed by atoms with Crippen LogP contribution in [0.1, 0.15) is 50.2 Å². The number of methoxy groups -OCH3 is 1. The molecule has 0 N–H and O–H groups in total. The van der Waals surface area contributed by atoms with E-state index < -0.39 is 0 Å². The fraction of sp³-hybridized carbons (Fsp3) is 0.611. The van der Waals surface area contributed by atoms with Gasteiger partial charge in [-0.3, -0.25) is 4.99 Å². The minimum atomic E-state index is 0.473. The van der Waals surface area contributed by atoms with Crippen molar-refractivity contribution in [1.29, 1.82) is 0 Å². The molecule has 0 radical (unpaired) electrons. The summed E-state index contributed by atoms with van der Waals surface area (Å²) in [7, 11) is 1.70. The Morgan fingerprint density at radius 1 is 1.32 bits per heavy atom. The number of hydrogen-bond donors (Lipinski definition) is 0. The molecule has 0 bridgehead atoms. The summed E-state index contributed by atoms with van der Waals surface area (Å²) >= 11 is 6.33. The molecule has 22 heavy (non-hydrogen) atoms. The van der Waals surface area contributed by atoms with Crippen molar-refractivity contribution in [2.24, 2.45) is 10.9 Å². The highest BCUT2D eigenvalue weighted by atomic mass is 35.5. The zero-order chi connectivity index (χ0) is 15.9. The monoisotopic (exact) mass is 323 g/mol. The Hall–Kier alpha value is -1.06. The molecular formula is C18H26ClNO2. The summed E-state index contributed by atoms with van der Waals surface area (Å²) in [5, 5.41) is 0.659. The van der Waals surface area contributed by atoms with Gasteiger partial charge >= 0.3 is 0 Å². The van der Waals surface area contributed by atoms with Crippen LogP contribution in [0.5, 0.6) is 5.75 Å². The van der Waals surface area contributed by atoms with Gasteiger partial charge in [0.25, 0.3) is 0 Å². The molecule has 0 saturated heterocycles. The van der Waals surface area contributed by atoms with Gasteiger partial charge < -0.3 is 9.47 Å². The van der Waals surface area contributed by atoms with Gasteiger partial charge in [-0.2, -0.15) is 0 Å². The normalized spacial score (nSPS) is 16.9. The predicted molar refractivity (Wildman–Crippen MR) is 92.7 cm³/mol. The van der Waals surface area contributed by atoms with E-state index in [2.05, 4.69) is 24.9 Å². The third kappa shape index (κ3) is 4.72. The number of halogens is 1. The molecule has 0 saturated carbocycles. The zero-order valence-corrected chi connectivity index (χ0v) is 14.5. The first-order valence-corrected chi connectivity index (χ1v) is 8.44. The summed E-state index contributed by atoms with van der Waals surface area (Å²) < 4.78 is 10.9. The van der Waals surface area contributed by atoms with Crippen molar-refractivity contribution < 1.29 is 9.47 Å². The van der Waals surface area contributed by atoms with E-state index in [1.54, 1.807) is 7.11 Å². The lowest BCUT2D eigenvalue weighted by molar-refractivity contribution is 0.172. The van der Waals surface area contributed by atoms with Crippen LogP contribution in [0.4, 0.5) is 0 Å². The number of nitrogens with zero attached hydrogens (tertiary/aromatic N) is 1. The Morgan fingerprint density at radius 3 is 2.86 bits per heavy atom. The Balaban J connectivity index is 2.10. The SMILES string of the molecule is COCCCOc1cc2c(cc1Cl)C=NC[C@H]2CCC(C)C. The molecule has 1 aromatic rings. The molecule has 3 nitrogen and oxygen atoms in total. The highest BCUT2D eigenvalue weighted by Gasteiger charge is 2.20. The third-order valence-electron chi connectivity index (χ3n) is 3.98. The molecule has 122 valence electrons. The lowest BCUT2D eigenvalue weighted by Gasteiger charge is -2.23. The first-order valence-electron chi connectivity index (χ1n) is 8.06. The summed E-state index contributed by atoms with van der Waals surface area (Å²) in [4.78, 5) is 4.49. The molecular weight excluding hydrogens is 298 g/mol. The van der Waals surface area contributed by atoms with Crippen molar-refractivity contribution in [3.05, 3.63) is 28.3 Å². The largest absolute Gasteiger partial charge is 0.492 e. The van der Waals surface area contributed by atoms with Crippen molar-refractivity contribution in [3.8, 4) is 5.75 Å². The van der Waals surface area contributed by atoms with E-state index in [4.69, 9.17) is 21.1 Å². The predicted octanol–water partition coefficient (Wildman–Crippen LogP) is 4.71. The minimum absolute atomic E-state index is 0.473. The molecule has 2 rings (SSSR count). The maximum Gasteiger partial charge on any atom is 0.138 e. The lowest BCUT2D eigenvalue weighted by Crippen LogP contribution is -2.13. The van der Waals surface area contributed by atoms with Gasteiger partial charge in [-0.1, -0.05) is 31.9 Å². The van der Waals surface area contributed by atoms with Gasteiger partial charge in [-0.25, -0.2) is 0 Å². The molecule has 0 spiro atoms. The molecule has 1 heterocycles. The maximum atomic E-state index is 6.33. The molecule has 1 aromatic carbocycles. The summed E-state index contributed by atoms with van der Waals surface area (Å²) in [6, 6.07) is 4.09. The number of fused-ring (bicyclic) bond motifs is 1. The van der Waals surface area contributed by atoms with Crippen LogP contribution in [0.15, 0.2) is 17.1 Å². The number of aliphatic imine (C=N–C) groups is 1. The van der Waals surface area contributed by atoms with E-state index in [1.165, 1.54) is 12.0 Å². The second-order valence-electron chi connectivity index (χ2n) is 6.27. The minimum Gasteiger partial charge on any atom is -0.492 e. The van der Waals surface area contributed by atoms with Gasteiger partial charge in [0.15, 0.2) is 0 Å². The number of rotatable bonds is 8. The Morgan fingerprint density at radius 2 is 2.14 bits per heavy atom. The summed E-state index contributed by atoms with van der Waals surface area (Å²) in [6.07, 6.45) is 5.17. The maximum absolute atomic E-state index is 6.33. The molecule has 1 atom stereocenters. The Bertz CT molecular complexity index is 514. The van der Waals surface area contributed by atoms with Gasteiger partial charge in [-0.05, 0) is 35.6 Å². The smallest absolute Gasteiger partial charge is 0.138 e. The zero-order valence-electron chi connectivity index (χ0n) is 13.8. The van der Waals surface area contributed by atoms with E-state index >= 15 is 0 Å². The van der Waals surface area contributed by atoms with Gasteiger partial charge in [0.05, 0.1) is 11.6 Å². The van der Waals surface area contributed by atoms with Crippen LogP contribution in [0.3, 0.4) is 0 Å². The summed E-state index contributed by atoms with van der Waals surface area (Å²) in [5.41, 5.74) is 2.45. The van der Waals surface area contributed by atoms with E-state index in [0.29, 0.717) is 30.1 Å². The van der Waals surface area contributed by atoms with Crippen LogP contribution in [0.2, 0.25) is 5.02 Å². The lowest BCUT2D eigenvalue weighted by atomic mass is 9.87. The van der Waals surface area contributed by atoms with Crippen molar-refractivity contribution in [2.45, 2.75) is 39.0 Å². The number of hydrogen-bond acceptors (Lipinski definition) is 3. The van der Waals surface area contributed by atoms with Gasteiger partial charge in [-0.15, -0.1) is 0 Å². The molecule has 4 heteroatoms. The number of benzene rings is 1. The van der Waals surface area contributed by atoms with E-state index in [1.807, 2.05) is 12.3 Å². The molecule has 1 aliphatic rings. The Labute approximate surface area is 138 Å². The average Bonchev–Trinajstić information content (AvgIpc) is 2.49. The fourth-order valence-electron chi connectivity index (χ4n) is 2.70. The fourth-order valence-corrected chi connectivity index (χ4v) is 2.93. The highest BCUT2D eigenvalue weighted by Crippen LogP contribution is 2.35. The standard InChI is InChI=1S/C18H26ClNO2/c1-13(2)5-6-14-11-20-12-15-9-17(19)18(10-16(14)15)22-8-4-7-21-3/h9-10,12-14H,4-8,11H2,1-3H3/t14-/m1/s1. The first-order chi connectivity index (χ1) is 10.6. The van der Waals surface area contributed by atoms with Crippen LogP contribution < -0.4 is 4.74 Å². The van der Waals surface area contributed by atoms with E-state index in [-0.39, 0.29) is 0 Å². The van der Waals surface area contributed by atoms with Crippen molar-refractivity contribution >= 4 is 17.8 Å². The first kappa shape index (κ1) is 17.3. The molecule has 0 unspecified atom stereocenters. The van der Waals surface area contributed by atoms with Crippen LogP contribution >= 0.6 is 11.6 Å². The third-order valence-corrected chi connectivity index (χ3v) is 4.27. The average molecular weight is 324 g/mol. The molecule has 0 amide bonds. The Kier molecular flexibility index (Phi) is 6.71. The van der Waals surface area contributed by atoms with Gasteiger partial charge in [0, 0.05) is 38.8 Å². The topological polar surface area (TPSA) is 30.8 Å². The highest BCUT2D eigenvalue weighted by molar-refractivity contribution is 6.32. The van der Waals surface area contributed by atoms with Crippen molar-refractivity contribution in [1.82, 2.24) is 0 Å². The van der Waals surface area contributed by atoms with Crippen molar-refractivity contribution in [3.63, 3.8) is 0 Å². The molecule has 1 aliphatic heterocycles. The van der Waals surface area contributed by atoms with Gasteiger partial charge in [0.1, 0.15) is 5.75 Å². The summed E-state index contributed by atoms with van der Waals surface area (Å²) in [5.74, 6) is 1.97. The number of ether oxygens (including phenoxy) is 2. The van der Waals surface area contributed by atoms with Crippen LogP contribution in [0, 0.1) is 5.92 Å². The molecule has 0 aromatic heterocycles. The van der Waals surface area contributed by atoms with Crippen LogP contribution in [-0.4, -0.2) is 33.1 Å². The molecule has 0 aliphatic carbocycles.